The molecule has 0 radical (unpaired) electrons. The van der Waals surface area contributed by atoms with Gasteiger partial charge in [0, 0.05) is 17.1 Å². The topological polar surface area (TPSA) is 84.7 Å². The molecule has 0 atom stereocenters. The molecule has 0 aliphatic carbocycles. The zero-order chi connectivity index (χ0) is 18.9. The molecular formula is C19H23N3O3S. The Balaban J connectivity index is 1.77. The zero-order valence-corrected chi connectivity index (χ0v) is 16.0. The number of anilines is 2. The third kappa shape index (κ3) is 3.99. The van der Waals surface area contributed by atoms with Crippen molar-refractivity contribution in [2.45, 2.75) is 39.3 Å². The van der Waals surface area contributed by atoms with Crippen molar-refractivity contribution in [1.29, 1.82) is 0 Å². The Morgan fingerprint density at radius 1 is 1.23 bits per heavy atom. The van der Waals surface area contributed by atoms with Crippen molar-refractivity contribution >= 4 is 34.0 Å². The minimum absolute atomic E-state index is 0.211. The lowest BCUT2D eigenvalue weighted by atomic mass is 10.0. The molecule has 3 N–H and O–H groups in total. The maximum Gasteiger partial charge on any atom is 0.410 e. The number of amides is 2. The van der Waals surface area contributed by atoms with Gasteiger partial charge < -0.3 is 20.7 Å². The number of nitrogens with two attached hydrogens (primary N) is 1. The van der Waals surface area contributed by atoms with Gasteiger partial charge in [0.2, 0.25) is 0 Å². The fourth-order valence-corrected chi connectivity index (χ4v) is 4.00. The first kappa shape index (κ1) is 18.3. The van der Waals surface area contributed by atoms with Gasteiger partial charge in [0.25, 0.3) is 5.91 Å². The Labute approximate surface area is 156 Å². The van der Waals surface area contributed by atoms with Crippen molar-refractivity contribution in [1.82, 2.24) is 4.90 Å². The van der Waals surface area contributed by atoms with E-state index in [9.17, 15) is 9.59 Å². The molecule has 0 saturated heterocycles. The average Bonchev–Trinajstić information content (AvgIpc) is 2.89. The molecule has 0 unspecified atom stereocenters. The first-order valence-corrected chi connectivity index (χ1v) is 9.30. The molecule has 138 valence electrons. The molecule has 0 bridgehead atoms. The molecule has 2 aromatic rings. The van der Waals surface area contributed by atoms with Crippen LogP contribution in [0.2, 0.25) is 0 Å². The van der Waals surface area contributed by atoms with Crippen molar-refractivity contribution in [2.24, 2.45) is 0 Å². The molecule has 7 heteroatoms. The Morgan fingerprint density at radius 3 is 2.58 bits per heavy atom. The van der Waals surface area contributed by atoms with Gasteiger partial charge in [0.1, 0.15) is 5.60 Å². The first-order valence-electron chi connectivity index (χ1n) is 8.49. The summed E-state index contributed by atoms with van der Waals surface area (Å²) in [6.07, 6.45) is 0.241. The molecule has 0 spiro atoms. The van der Waals surface area contributed by atoms with Crippen LogP contribution in [-0.4, -0.2) is 29.0 Å². The highest BCUT2D eigenvalue weighted by atomic mass is 32.1. The highest BCUT2D eigenvalue weighted by Gasteiger charge is 2.31. The summed E-state index contributed by atoms with van der Waals surface area (Å²) in [5, 5.41) is 3.36. The number of hydrogen-bond acceptors (Lipinski definition) is 5. The second-order valence-corrected chi connectivity index (χ2v) is 8.35. The van der Waals surface area contributed by atoms with Crippen LogP contribution in [0, 0.1) is 0 Å². The van der Waals surface area contributed by atoms with E-state index in [4.69, 9.17) is 10.5 Å². The minimum Gasteiger partial charge on any atom is -0.444 e. The number of ether oxygens (including phenoxy) is 1. The van der Waals surface area contributed by atoms with Crippen LogP contribution in [0.5, 0.6) is 0 Å². The number of para-hydroxylation sites is 1. The van der Waals surface area contributed by atoms with Crippen LogP contribution >= 0.6 is 11.3 Å². The van der Waals surface area contributed by atoms with Crippen molar-refractivity contribution in [3.05, 3.63) is 46.3 Å². The average molecular weight is 373 g/mol. The lowest BCUT2D eigenvalue weighted by Crippen LogP contribution is -2.39. The van der Waals surface area contributed by atoms with Gasteiger partial charge in [0.05, 0.1) is 17.1 Å². The molecule has 2 amide bonds. The molecular weight excluding hydrogens is 350 g/mol. The summed E-state index contributed by atoms with van der Waals surface area (Å²) in [5.41, 5.74) is 7.77. The summed E-state index contributed by atoms with van der Waals surface area (Å²) in [7, 11) is 0. The molecule has 26 heavy (non-hydrogen) atoms. The molecule has 0 saturated carbocycles. The van der Waals surface area contributed by atoms with Crippen LogP contribution < -0.4 is 11.1 Å². The van der Waals surface area contributed by atoms with E-state index in [1.807, 2.05) is 51.1 Å². The van der Waals surface area contributed by atoms with E-state index in [0.717, 1.165) is 16.1 Å². The van der Waals surface area contributed by atoms with E-state index in [2.05, 4.69) is 5.32 Å². The number of carbonyl (C=O) groups is 2. The second kappa shape index (κ2) is 6.99. The quantitative estimate of drug-likeness (QED) is 0.837. The Morgan fingerprint density at radius 2 is 1.92 bits per heavy atom. The lowest BCUT2D eigenvalue weighted by Gasteiger charge is -2.30. The van der Waals surface area contributed by atoms with E-state index < -0.39 is 5.60 Å². The van der Waals surface area contributed by atoms with E-state index in [1.54, 1.807) is 4.90 Å². The lowest BCUT2D eigenvalue weighted by molar-refractivity contribution is 0.0226. The SMILES string of the molecule is CC(C)(C)OC(=O)N1CCc2c(sc(N)c2C(=O)Nc2ccccc2)C1. The summed E-state index contributed by atoms with van der Waals surface area (Å²) >= 11 is 1.36. The van der Waals surface area contributed by atoms with Crippen LogP contribution in [0.4, 0.5) is 15.5 Å². The Hall–Kier alpha value is -2.54. The van der Waals surface area contributed by atoms with Crippen LogP contribution in [0.25, 0.3) is 0 Å². The van der Waals surface area contributed by atoms with Gasteiger partial charge in [0.15, 0.2) is 0 Å². The molecule has 1 aromatic carbocycles. The normalized spacial score (nSPS) is 13.9. The van der Waals surface area contributed by atoms with Gasteiger partial charge in [-0.2, -0.15) is 0 Å². The molecule has 3 rings (SSSR count). The van der Waals surface area contributed by atoms with Gasteiger partial charge in [-0.3, -0.25) is 4.79 Å². The van der Waals surface area contributed by atoms with Crippen molar-refractivity contribution in [2.75, 3.05) is 17.6 Å². The predicted molar refractivity (Wildman–Crippen MR) is 103 cm³/mol. The van der Waals surface area contributed by atoms with E-state index in [0.29, 0.717) is 30.1 Å². The van der Waals surface area contributed by atoms with Crippen LogP contribution in [0.1, 0.15) is 41.6 Å². The van der Waals surface area contributed by atoms with Crippen LogP contribution in [0.3, 0.4) is 0 Å². The number of nitrogens with one attached hydrogen (secondary N) is 1. The third-order valence-electron chi connectivity index (χ3n) is 3.99. The van der Waals surface area contributed by atoms with Crippen LogP contribution in [-0.2, 0) is 17.7 Å². The maximum absolute atomic E-state index is 12.7. The summed E-state index contributed by atoms with van der Waals surface area (Å²) in [5.74, 6) is -0.211. The van der Waals surface area contributed by atoms with Gasteiger partial charge >= 0.3 is 6.09 Å². The molecule has 1 aromatic heterocycles. The van der Waals surface area contributed by atoms with Gasteiger partial charge in [-0.15, -0.1) is 11.3 Å². The number of thiophene rings is 1. The third-order valence-corrected chi connectivity index (χ3v) is 5.04. The fraction of sp³-hybridized carbons (Fsp3) is 0.368. The van der Waals surface area contributed by atoms with Crippen LogP contribution in [0.15, 0.2) is 30.3 Å². The highest BCUT2D eigenvalue weighted by molar-refractivity contribution is 7.16. The Kier molecular flexibility index (Phi) is 4.91. The van der Waals surface area contributed by atoms with Gasteiger partial charge in [-0.05, 0) is 44.9 Å². The second-order valence-electron chi connectivity index (χ2n) is 7.22. The first-order chi connectivity index (χ1) is 12.2. The number of rotatable bonds is 2. The smallest absolute Gasteiger partial charge is 0.410 e. The molecule has 6 nitrogen and oxygen atoms in total. The monoisotopic (exact) mass is 373 g/mol. The molecule has 1 aliphatic rings. The summed E-state index contributed by atoms with van der Waals surface area (Å²) in [6, 6.07) is 9.28. The van der Waals surface area contributed by atoms with Crippen molar-refractivity contribution in [3.63, 3.8) is 0 Å². The number of benzene rings is 1. The van der Waals surface area contributed by atoms with E-state index in [-0.39, 0.29) is 12.0 Å². The number of carbonyl (C=O) groups excluding carboxylic acids is 2. The molecule has 1 aliphatic heterocycles. The minimum atomic E-state index is -0.535. The van der Waals surface area contributed by atoms with E-state index in [1.165, 1.54) is 11.3 Å². The van der Waals surface area contributed by atoms with Gasteiger partial charge in [-0.1, -0.05) is 18.2 Å². The summed E-state index contributed by atoms with van der Waals surface area (Å²) < 4.78 is 5.44. The van der Waals surface area contributed by atoms with Crippen molar-refractivity contribution < 1.29 is 14.3 Å². The summed E-state index contributed by atoms with van der Waals surface area (Å²) in [4.78, 5) is 27.6. The van der Waals surface area contributed by atoms with Crippen molar-refractivity contribution in [3.8, 4) is 0 Å². The Bertz CT molecular complexity index is 825. The summed E-state index contributed by atoms with van der Waals surface area (Å²) in [6.45, 7) is 6.45. The molecule has 2 heterocycles. The zero-order valence-electron chi connectivity index (χ0n) is 15.2. The number of nitrogen functional groups attached to an aromatic ring is 1. The fourth-order valence-electron chi connectivity index (χ4n) is 2.87. The molecule has 0 fully saturated rings. The number of hydrogen-bond donors (Lipinski definition) is 2. The highest BCUT2D eigenvalue weighted by Crippen LogP contribution is 2.36. The largest absolute Gasteiger partial charge is 0.444 e. The van der Waals surface area contributed by atoms with Gasteiger partial charge in [-0.25, -0.2) is 4.79 Å². The number of fused-ring (bicyclic) bond motifs is 1. The number of nitrogens with zero attached hydrogens (tertiary/aromatic N) is 1. The van der Waals surface area contributed by atoms with E-state index >= 15 is 0 Å². The predicted octanol–water partition coefficient (Wildman–Crippen LogP) is 3.88. The maximum atomic E-state index is 12.7. The standard InChI is InChI=1S/C19H23N3O3S/c1-19(2,3)25-18(24)22-10-9-13-14(11-22)26-16(20)15(13)17(23)21-12-7-5-4-6-8-12/h4-8H,9-11,20H2,1-3H3,(H,21,23).